The molecule has 4 rings (SSSR count). The molecule has 2 aromatic carbocycles. The van der Waals surface area contributed by atoms with Crippen LogP contribution in [0.3, 0.4) is 0 Å². The van der Waals surface area contributed by atoms with Crippen LogP contribution in [0.1, 0.15) is 11.1 Å². The first-order valence-electron chi connectivity index (χ1n) is 11.6. The van der Waals surface area contributed by atoms with E-state index < -0.39 is 0 Å². The number of anilines is 2. The number of ether oxygens (including phenoxy) is 2. The van der Waals surface area contributed by atoms with Gasteiger partial charge in [-0.1, -0.05) is 26.0 Å². The molecule has 0 fully saturated rings. The molecular weight excluding hydrogens is 643 g/mol. The van der Waals surface area contributed by atoms with E-state index in [2.05, 4.69) is 44.0 Å². The van der Waals surface area contributed by atoms with Crippen molar-refractivity contribution in [1.82, 2.24) is 9.97 Å². The van der Waals surface area contributed by atoms with Crippen molar-refractivity contribution in [2.75, 3.05) is 52.2 Å². The van der Waals surface area contributed by atoms with Gasteiger partial charge in [-0.2, -0.15) is 0 Å². The maximum Gasteiger partial charge on any atom is 2.00 e. The molecule has 4 aromatic rings. The van der Waals surface area contributed by atoms with Crippen LogP contribution in [0.25, 0.3) is 22.5 Å². The first-order valence-corrected chi connectivity index (χ1v) is 11.6. The van der Waals surface area contributed by atoms with Crippen molar-refractivity contribution in [2.45, 2.75) is 13.8 Å². The summed E-state index contributed by atoms with van der Waals surface area (Å²) in [6.07, 6.45) is 3.64. The van der Waals surface area contributed by atoms with Crippen LogP contribution in [-0.4, -0.2) is 52.4 Å². The zero-order chi connectivity index (χ0) is 26.2. The molecule has 0 aliphatic rings. The van der Waals surface area contributed by atoms with Gasteiger partial charge in [-0.3, -0.25) is 0 Å². The average molecular weight is 678 g/mol. The molecule has 196 valence electrons. The molecule has 0 saturated carbocycles. The first kappa shape index (κ1) is 29.9. The van der Waals surface area contributed by atoms with E-state index in [1.165, 1.54) is 0 Å². The third-order valence-corrected chi connectivity index (χ3v) is 5.73. The van der Waals surface area contributed by atoms with E-state index in [-0.39, 0.29) is 21.1 Å². The first-order chi connectivity index (χ1) is 17.2. The van der Waals surface area contributed by atoms with E-state index in [4.69, 9.17) is 9.47 Å². The summed E-state index contributed by atoms with van der Waals surface area (Å²) >= 11 is 0. The van der Waals surface area contributed by atoms with Gasteiger partial charge >= 0.3 is 21.1 Å². The Morgan fingerprint density at radius 2 is 1.03 bits per heavy atom. The zero-order valence-electron chi connectivity index (χ0n) is 22.7. The molecule has 0 saturated heterocycles. The van der Waals surface area contributed by atoms with Gasteiger partial charge < -0.3 is 29.2 Å². The van der Waals surface area contributed by atoms with E-state index in [9.17, 15) is 0 Å². The number of hydrogen-bond donors (Lipinski definition) is 0. The SMILES string of the molecule is COc1c[c-]c(-c2cc(N(C)C)ccn2)c(C)c1.COc1c[c-]c(-c2cc(N(C)C)ccn2)c(C)c1.[Pt+2]. The molecule has 0 unspecified atom stereocenters. The fourth-order valence-electron chi connectivity index (χ4n) is 3.62. The maximum atomic E-state index is 5.19. The van der Waals surface area contributed by atoms with Crippen LogP contribution < -0.4 is 19.3 Å². The Kier molecular flexibility index (Phi) is 11.1. The molecule has 0 aliphatic carbocycles. The maximum absolute atomic E-state index is 5.19. The zero-order valence-corrected chi connectivity index (χ0v) is 25.0. The van der Waals surface area contributed by atoms with Gasteiger partial charge in [0.2, 0.25) is 0 Å². The van der Waals surface area contributed by atoms with E-state index in [1.807, 2.05) is 90.8 Å². The fourth-order valence-corrected chi connectivity index (χ4v) is 3.62. The Morgan fingerprint density at radius 3 is 1.32 bits per heavy atom. The summed E-state index contributed by atoms with van der Waals surface area (Å²) in [7, 11) is 11.4. The van der Waals surface area contributed by atoms with Gasteiger partial charge in [0.05, 0.1) is 14.2 Å². The molecule has 0 aliphatic heterocycles. The van der Waals surface area contributed by atoms with Crippen molar-refractivity contribution in [3.8, 4) is 34.0 Å². The molecule has 0 bridgehead atoms. The number of benzene rings is 2. The van der Waals surface area contributed by atoms with Gasteiger partial charge in [0.15, 0.2) is 0 Å². The molecule has 7 heteroatoms. The number of methoxy groups -OCH3 is 2. The van der Waals surface area contributed by atoms with E-state index in [0.717, 1.165) is 56.5 Å². The van der Waals surface area contributed by atoms with Gasteiger partial charge in [-0.25, -0.2) is 0 Å². The van der Waals surface area contributed by atoms with Crippen LogP contribution in [0, 0.1) is 26.0 Å². The Balaban J connectivity index is 0.000000253. The summed E-state index contributed by atoms with van der Waals surface area (Å²) in [6, 6.07) is 22.2. The van der Waals surface area contributed by atoms with Crippen molar-refractivity contribution in [3.63, 3.8) is 0 Å². The summed E-state index contributed by atoms with van der Waals surface area (Å²) in [4.78, 5) is 12.9. The summed E-state index contributed by atoms with van der Waals surface area (Å²) in [6.45, 7) is 4.08. The summed E-state index contributed by atoms with van der Waals surface area (Å²) in [5.41, 5.74) is 8.37. The Morgan fingerprint density at radius 1 is 0.649 bits per heavy atom. The number of nitrogens with zero attached hydrogens (tertiary/aromatic N) is 4. The van der Waals surface area contributed by atoms with Crippen LogP contribution in [0.2, 0.25) is 0 Å². The molecule has 0 radical (unpaired) electrons. The van der Waals surface area contributed by atoms with Crippen LogP contribution in [-0.2, 0) is 21.1 Å². The monoisotopic (exact) mass is 677 g/mol. The van der Waals surface area contributed by atoms with E-state index in [1.54, 1.807) is 14.2 Å². The second-order valence-electron chi connectivity index (χ2n) is 8.78. The van der Waals surface area contributed by atoms with Gasteiger partial charge in [0.1, 0.15) is 0 Å². The number of pyridine rings is 2. The normalized spacial score (nSPS) is 9.95. The van der Waals surface area contributed by atoms with Crippen LogP contribution in [0.15, 0.2) is 60.9 Å². The van der Waals surface area contributed by atoms with Gasteiger partial charge in [0.25, 0.3) is 0 Å². The summed E-state index contributed by atoms with van der Waals surface area (Å²) < 4.78 is 10.4. The predicted molar refractivity (Wildman–Crippen MR) is 148 cm³/mol. The largest absolute Gasteiger partial charge is 2.00 e. The third kappa shape index (κ3) is 7.80. The Labute approximate surface area is 235 Å². The summed E-state index contributed by atoms with van der Waals surface area (Å²) in [5, 5.41) is 0. The van der Waals surface area contributed by atoms with Crippen molar-refractivity contribution in [2.24, 2.45) is 0 Å². The second kappa shape index (κ2) is 13.8. The Hall–Kier alpha value is -3.37. The third-order valence-electron chi connectivity index (χ3n) is 5.73. The van der Waals surface area contributed by atoms with Crippen LogP contribution >= 0.6 is 0 Å². The number of aromatic nitrogens is 2. The average Bonchev–Trinajstić information content (AvgIpc) is 2.89. The van der Waals surface area contributed by atoms with E-state index in [0.29, 0.717) is 0 Å². The minimum Gasteiger partial charge on any atom is -0.540 e. The predicted octanol–water partition coefficient (Wildman–Crippen LogP) is 5.86. The number of aryl methyl sites for hydroxylation is 2. The topological polar surface area (TPSA) is 50.7 Å². The quantitative estimate of drug-likeness (QED) is 0.239. The molecule has 0 spiro atoms. The molecule has 0 atom stereocenters. The van der Waals surface area contributed by atoms with Crippen molar-refractivity contribution in [1.29, 1.82) is 0 Å². The molecule has 37 heavy (non-hydrogen) atoms. The number of rotatable bonds is 6. The molecule has 0 N–H and O–H groups in total. The molecule has 2 aromatic heterocycles. The minimum atomic E-state index is 0. The van der Waals surface area contributed by atoms with Crippen molar-refractivity contribution >= 4 is 11.4 Å². The van der Waals surface area contributed by atoms with Crippen molar-refractivity contribution in [3.05, 3.63) is 84.2 Å². The van der Waals surface area contributed by atoms with Gasteiger partial charge in [0, 0.05) is 63.5 Å². The molecule has 6 nitrogen and oxygen atoms in total. The standard InChI is InChI=1S/2C15H17N2O.Pt/c2*1-11-9-13(18-4)5-6-14(11)15-10-12(17(2)3)7-8-16-15;/h2*5,7-10H,1-4H3;/q2*-1;+2. The Bertz CT molecular complexity index is 1210. The second-order valence-corrected chi connectivity index (χ2v) is 8.78. The van der Waals surface area contributed by atoms with E-state index >= 15 is 0 Å². The summed E-state index contributed by atoms with van der Waals surface area (Å²) in [5.74, 6) is 1.64. The fraction of sp³-hybridized carbons (Fsp3) is 0.267. The van der Waals surface area contributed by atoms with Crippen molar-refractivity contribution < 1.29 is 30.5 Å². The molecule has 0 amide bonds. The smallest absolute Gasteiger partial charge is 0.540 e. The molecular formula is C30H34N4O2Pt. The van der Waals surface area contributed by atoms with Gasteiger partial charge in [-0.15, -0.1) is 58.7 Å². The minimum absolute atomic E-state index is 0. The van der Waals surface area contributed by atoms with Crippen LogP contribution in [0.4, 0.5) is 11.4 Å². The van der Waals surface area contributed by atoms with Gasteiger partial charge in [-0.05, 0) is 23.5 Å². The number of hydrogen-bond acceptors (Lipinski definition) is 6. The van der Waals surface area contributed by atoms with Crippen LogP contribution in [0.5, 0.6) is 11.5 Å². The molecule has 2 heterocycles.